The summed E-state index contributed by atoms with van der Waals surface area (Å²) in [5.41, 5.74) is 3.24. The first-order valence-corrected chi connectivity index (χ1v) is 10.7. The first kappa shape index (κ1) is 19.6. The highest BCUT2D eigenvalue weighted by Crippen LogP contribution is 2.46. The molecule has 1 aliphatic heterocycles. The molecular formula is C24H26N4O3. The molecule has 7 nitrogen and oxygen atoms in total. The zero-order chi connectivity index (χ0) is 21.9. The Hall–Kier alpha value is -3.35. The minimum Gasteiger partial charge on any atom is -0.478 e. The number of anilines is 2. The Balaban J connectivity index is 1.60. The van der Waals surface area contributed by atoms with Crippen molar-refractivity contribution in [3.63, 3.8) is 0 Å². The SMILES string of the molecule is Cc1cc([C@H](C)Nc2ccccc2C(=O)O)c2nc(N3CC4CC4C3)n(C)c(=O)c2c1. The molecule has 7 heteroatoms. The standard InChI is InChI=1S/C24H26N4O3/c1-13-8-18(14(2)25-20-7-5-4-6-17(20)23(30)31)21-19(9-13)22(29)27(3)24(26-21)28-11-15-10-16(15)12-28/h4-9,14-16,25H,10-12H2,1-3H3,(H,30,31)/t14-,15?,16?/m0/s1. The third kappa shape index (κ3) is 3.34. The van der Waals surface area contributed by atoms with Crippen LogP contribution in [0.5, 0.6) is 0 Å². The lowest BCUT2D eigenvalue weighted by molar-refractivity contribution is 0.0698. The number of nitrogens with one attached hydrogen (secondary N) is 1. The van der Waals surface area contributed by atoms with Crippen molar-refractivity contribution >= 4 is 28.5 Å². The van der Waals surface area contributed by atoms with Crippen LogP contribution < -0.4 is 15.8 Å². The van der Waals surface area contributed by atoms with Crippen molar-refractivity contribution in [1.82, 2.24) is 9.55 Å². The molecule has 5 rings (SSSR count). The number of carboxylic acids is 1. The van der Waals surface area contributed by atoms with Crippen molar-refractivity contribution in [1.29, 1.82) is 0 Å². The van der Waals surface area contributed by atoms with Crippen molar-refractivity contribution in [2.24, 2.45) is 18.9 Å². The van der Waals surface area contributed by atoms with Crippen LogP contribution in [0.4, 0.5) is 11.6 Å². The van der Waals surface area contributed by atoms with Gasteiger partial charge in [-0.2, -0.15) is 0 Å². The van der Waals surface area contributed by atoms with Crippen LogP contribution in [0.1, 0.15) is 40.9 Å². The minimum atomic E-state index is -0.980. The van der Waals surface area contributed by atoms with Crippen molar-refractivity contribution in [3.8, 4) is 0 Å². The van der Waals surface area contributed by atoms with E-state index in [-0.39, 0.29) is 17.2 Å². The van der Waals surface area contributed by atoms with E-state index in [2.05, 4.69) is 10.2 Å². The number of rotatable bonds is 5. The van der Waals surface area contributed by atoms with Gasteiger partial charge in [0.1, 0.15) is 0 Å². The first-order valence-electron chi connectivity index (χ1n) is 10.7. The molecule has 1 saturated heterocycles. The fraction of sp³-hybridized carbons (Fsp3) is 0.375. The van der Waals surface area contributed by atoms with Crippen LogP contribution in [0.15, 0.2) is 41.2 Å². The number of nitrogens with zero attached hydrogens (tertiary/aromatic N) is 3. The van der Waals surface area contributed by atoms with E-state index in [0.717, 1.165) is 36.1 Å². The lowest BCUT2D eigenvalue weighted by Gasteiger charge is -2.24. The van der Waals surface area contributed by atoms with Gasteiger partial charge in [-0.05, 0) is 55.9 Å². The average Bonchev–Trinajstić information content (AvgIpc) is 3.35. The van der Waals surface area contributed by atoms with Crippen LogP contribution in [-0.2, 0) is 7.05 Å². The summed E-state index contributed by atoms with van der Waals surface area (Å²) in [6.45, 7) is 5.84. The first-order chi connectivity index (χ1) is 14.8. The Morgan fingerprint density at radius 3 is 2.65 bits per heavy atom. The lowest BCUT2D eigenvalue weighted by Crippen LogP contribution is -2.31. The van der Waals surface area contributed by atoms with Gasteiger partial charge in [0.05, 0.1) is 22.5 Å². The van der Waals surface area contributed by atoms with E-state index in [1.54, 1.807) is 35.9 Å². The van der Waals surface area contributed by atoms with Gasteiger partial charge < -0.3 is 15.3 Å². The Kier molecular flexibility index (Phi) is 4.50. The van der Waals surface area contributed by atoms with E-state index in [4.69, 9.17) is 4.98 Å². The molecule has 31 heavy (non-hydrogen) atoms. The summed E-state index contributed by atoms with van der Waals surface area (Å²) in [5.74, 6) is 1.20. The monoisotopic (exact) mass is 418 g/mol. The number of carbonyl (C=O) groups is 1. The molecule has 2 fully saturated rings. The number of hydrogen-bond donors (Lipinski definition) is 2. The van der Waals surface area contributed by atoms with Crippen LogP contribution in [0.3, 0.4) is 0 Å². The van der Waals surface area contributed by atoms with Crippen molar-refractivity contribution < 1.29 is 9.90 Å². The van der Waals surface area contributed by atoms with E-state index in [1.165, 1.54) is 6.42 Å². The number of benzene rings is 2. The largest absolute Gasteiger partial charge is 0.478 e. The second-order valence-corrected chi connectivity index (χ2v) is 8.90. The Bertz CT molecular complexity index is 1260. The maximum Gasteiger partial charge on any atom is 0.337 e. The highest BCUT2D eigenvalue weighted by Gasteiger charge is 2.46. The molecule has 2 aromatic carbocycles. The second-order valence-electron chi connectivity index (χ2n) is 8.90. The van der Waals surface area contributed by atoms with Crippen LogP contribution in [0, 0.1) is 18.8 Å². The molecule has 2 heterocycles. The van der Waals surface area contributed by atoms with Crippen LogP contribution >= 0.6 is 0 Å². The normalized spacial score (nSPS) is 20.5. The zero-order valence-corrected chi connectivity index (χ0v) is 17.9. The molecule has 2 unspecified atom stereocenters. The molecule has 0 spiro atoms. The summed E-state index contributed by atoms with van der Waals surface area (Å²) < 4.78 is 1.66. The Morgan fingerprint density at radius 2 is 1.94 bits per heavy atom. The molecule has 1 aliphatic carbocycles. The van der Waals surface area contributed by atoms with Crippen molar-refractivity contribution in [2.45, 2.75) is 26.3 Å². The minimum absolute atomic E-state index is 0.0522. The summed E-state index contributed by atoms with van der Waals surface area (Å²) in [6.07, 6.45) is 1.28. The summed E-state index contributed by atoms with van der Waals surface area (Å²) in [6, 6.07) is 10.5. The Morgan fingerprint density at radius 1 is 1.23 bits per heavy atom. The number of fused-ring (bicyclic) bond motifs is 2. The van der Waals surface area contributed by atoms with Gasteiger partial charge in [-0.15, -0.1) is 0 Å². The van der Waals surface area contributed by atoms with Gasteiger partial charge in [0, 0.05) is 31.4 Å². The van der Waals surface area contributed by atoms with Crippen molar-refractivity contribution in [3.05, 3.63) is 63.4 Å². The molecular weight excluding hydrogens is 392 g/mol. The molecule has 1 aromatic heterocycles. The molecule has 0 radical (unpaired) electrons. The van der Waals surface area contributed by atoms with E-state index in [1.807, 2.05) is 26.0 Å². The van der Waals surface area contributed by atoms with Crippen LogP contribution in [0.25, 0.3) is 10.9 Å². The molecule has 2 N–H and O–H groups in total. The fourth-order valence-corrected chi connectivity index (χ4v) is 4.82. The number of aryl methyl sites for hydroxylation is 1. The summed E-state index contributed by atoms with van der Waals surface area (Å²) in [7, 11) is 1.79. The molecule has 3 aromatic rings. The number of para-hydroxylation sites is 1. The molecule has 0 bridgehead atoms. The predicted molar refractivity (Wildman–Crippen MR) is 121 cm³/mol. The van der Waals surface area contributed by atoms with Gasteiger partial charge in [0.2, 0.25) is 5.95 Å². The van der Waals surface area contributed by atoms with Gasteiger partial charge >= 0.3 is 5.97 Å². The molecule has 0 amide bonds. The summed E-state index contributed by atoms with van der Waals surface area (Å²) in [5, 5.41) is 13.4. The third-order valence-electron chi connectivity index (χ3n) is 6.59. The van der Waals surface area contributed by atoms with E-state index in [9.17, 15) is 14.7 Å². The van der Waals surface area contributed by atoms with Gasteiger partial charge in [0.15, 0.2) is 0 Å². The maximum atomic E-state index is 13.2. The van der Waals surface area contributed by atoms with Gasteiger partial charge in [-0.1, -0.05) is 18.2 Å². The highest BCUT2D eigenvalue weighted by molar-refractivity contribution is 5.94. The predicted octanol–water partition coefficient (Wildman–Crippen LogP) is 3.57. The van der Waals surface area contributed by atoms with E-state index >= 15 is 0 Å². The number of piperidine rings is 1. The van der Waals surface area contributed by atoms with Gasteiger partial charge in [0.25, 0.3) is 5.56 Å². The molecule has 2 aliphatic rings. The average molecular weight is 418 g/mol. The molecule has 160 valence electrons. The highest BCUT2D eigenvalue weighted by atomic mass is 16.4. The maximum absolute atomic E-state index is 13.2. The summed E-state index contributed by atoms with van der Waals surface area (Å²) in [4.78, 5) is 32.0. The van der Waals surface area contributed by atoms with Gasteiger partial charge in [-0.3, -0.25) is 9.36 Å². The fourth-order valence-electron chi connectivity index (χ4n) is 4.82. The quantitative estimate of drug-likeness (QED) is 0.659. The number of aromatic carboxylic acids is 1. The third-order valence-corrected chi connectivity index (χ3v) is 6.59. The number of aromatic nitrogens is 2. The van der Waals surface area contributed by atoms with Crippen molar-refractivity contribution in [2.75, 3.05) is 23.3 Å². The van der Waals surface area contributed by atoms with E-state index < -0.39 is 5.97 Å². The van der Waals surface area contributed by atoms with Crippen LogP contribution in [0.2, 0.25) is 0 Å². The Labute approximate surface area is 180 Å². The lowest BCUT2D eigenvalue weighted by atomic mass is 10.0. The second kappa shape index (κ2) is 7.11. The molecule has 1 saturated carbocycles. The summed E-state index contributed by atoms with van der Waals surface area (Å²) >= 11 is 0. The number of carboxylic acid groups (broad SMARTS) is 1. The number of hydrogen-bond acceptors (Lipinski definition) is 5. The van der Waals surface area contributed by atoms with E-state index in [0.29, 0.717) is 22.5 Å². The smallest absolute Gasteiger partial charge is 0.337 e. The zero-order valence-electron chi connectivity index (χ0n) is 17.9. The van der Waals surface area contributed by atoms with Crippen LogP contribution in [-0.4, -0.2) is 33.7 Å². The molecule has 3 atom stereocenters. The van der Waals surface area contributed by atoms with Gasteiger partial charge in [-0.25, -0.2) is 9.78 Å². The topological polar surface area (TPSA) is 87.5 Å².